The number of nitrogens with zero attached hydrogens (tertiary/aromatic N) is 1. The minimum absolute atomic E-state index is 0.240. The summed E-state index contributed by atoms with van der Waals surface area (Å²) in [6, 6.07) is 13.5. The first kappa shape index (κ1) is 23.1. The third-order valence-electron chi connectivity index (χ3n) is 4.82. The summed E-state index contributed by atoms with van der Waals surface area (Å²) in [6.07, 6.45) is 3.37. The van der Waals surface area contributed by atoms with E-state index in [2.05, 4.69) is 5.32 Å². The molecule has 0 aliphatic carbocycles. The van der Waals surface area contributed by atoms with E-state index in [9.17, 15) is 14.4 Å². The summed E-state index contributed by atoms with van der Waals surface area (Å²) in [5.74, 6) is -0.835. The Morgan fingerprint density at radius 1 is 1.09 bits per heavy atom. The van der Waals surface area contributed by atoms with Crippen molar-refractivity contribution in [3.63, 3.8) is 0 Å². The number of carbonyl (C=O) groups excluding carboxylic acids is 3. The van der Waals surface area contributed by atoms with Crippen LogP contribution in [0.25, 0.3) is 5.52 Å². The van der Waals surface area contributed by atoms with Gasteiger partial charge in [-0.3, -0.25) is 9.59 Å². The van der Waals surface area contributed by atoms with E-state index in [1.807, 2.05) is 53.9 Å². The van der Waals surface area contributed by atoms with E-state index in [4.69, 9.17) is 9.47 Å². The predicted molar refractivity (Wildman–Crippen MR) is 122 cm³/mol. The largest absolute Gasteiger partial charge is 0.480 e. The Morgan fingerprint density at radius 2 is 1.81 bits per heavy atom. The number of aromatic nitrogens is 1. The highest BCUT2D eigenvalue weighted by atomic mass is 16.6. The second-order valence-electron chi connectivity index (χ2n) is 8.39. The lowest BCUT2D eigenvalue weighted by atomic mass is 10.0. The molecule has 0 radical (unpaired) electrons. The van der Waals surface area contributed by atoms with Gasteiger partial charge in [-0.2, -0.15) is 0 Å². The van der Waals surface area contributed by atoms with Gasteiger partial charge in [-0.15, -0.1) is 0 Å². The van der Waals surface area contributed by atoms with Crippen LogP contribution >= 0.6 is 0 Å². The first-order valence-electron chi connectivity index (χ1n) is 10.5. The molecule has 7 heteroatoms. The SMILES string of the molecule is CCc1c(NC(=O)C=O)c2c(OCC(=O)OC(C)(C)C)cccn2c1Cc1ccccc1. The maximum atomic E-state index is 12.2. The topological polar surface area (TPSA) is 86.1 Å². The number of hydrogen-bond acceptors (Lipinski definition) is 5. The highest BCUT2D eigenvalue weighted by Gasteiger charge is 2.23. The van der Waals surface area contributed by atoms with Crippen LogP contribution in [0.3, 0.4) is 0 Å². The van der Waals surface area contributed by atoms with Gasteiger partial charge in [0, 0.05) is 18.3 Å². The molecule has 7 nitrogen and oxygen atoms in total. The van der Waals surface area contributed by atoms with Crippen LogP contribution in [0.2, 0.25) is 0 Å². The molecule has 0 fully saturated rings. The van der Waals surface area contributed by atoms with Crippen LogP contribution in [-0.4, -0.2) is 34.8 Å². The zero-order valence-corrected chi connectivity index (χ0v) is 18.8. The molecule has 2 heterocycles. The maximum absolute atomic E-state index is 12.2. The van der Waals surface area contributed by atoms with Crippen LogP contribution in [0.15, 0.2) is 48.7 Å². The van der Waals surface area contributed by atoms with Gasteiger partial charge < -0.3 is 19.2 Å². The van der Waals surface area contributed by atoms with Crippen molar-refractivity contribution in [3.8, 4) is 5.75 Å². The van der Waals surface area contributed by atoms with Gasteiger partial charge in [0.05, 0.1) is 5.69 Å². The highest BCUT2D eigenvalue weighted by Crippen LogP contribution is 2.36. The number of rotatable bonds is 8. The lowest BCUT2D eigenvalue weighted by molar-refractivity contribution is -0.157. The van der Waals surface area contributed by atoms with E-state index in [1.165, 1.54) is 0 Å². The first-order chi connectivity index (χ1) is 15.2. The Hall–Kier alpha value is -3.61. The van der Waals surface area contributed by atoms with Gasteiger partial charge >= 0.3 is 5.97 Å². The Morgan fingerprint density at radius 3 is 2.44 bits per heavy atom. The predicted octanol–water partition coefficient (Wildman–Crippen LogP) is 3.95. The zero-order chi connectivity index (χ0) is 23.3. The number of esters is 1. The molecular formula is C25H28N2O5. The van der Waals surface area contributed by atoms with E-state index in [-0.39, 0.29) is 12.9 Å². The number of carbonyl (C=O) groups is 3. The third kappa shape index (κ3) is 5.35. The van der Waals surface area contributed by atoms with Crippen LogP contribution in [-0.2, 0) is 32.0 Å². The summed E-state index contributed by atoms with van der Waals surface area (Å²) in [5, 5.41) is 2.70. The summed E-state index contributed by atoms with van der Waals surface area (Å²) in [5.41, 5.74) is 3.46. The molecule has 0 spiro atoms. The standard InChI is InChI=1S/C25H28N2O5/c1-5-18-19(14-17-10-7-6-8-11-17)27-13-9-12-20(24(27)23(18)26-21(29)15-28)31-16-22(30)32-25(2,3)4/h6-13,15H,5,14,16H2,1-4H3,(H,26,29). The normalized spacial score (nSPS) is 11.2. The van der Waals surface area contributed by atoms with Crippen molar-refractivity contribution in [2.45, 2.75) is 46.1 Å². The molecule has 0 saturated carbocycles. The first-order valence-corrected chi connectivity index (χ1v) is 10.5. The number of aldehydes is 1. The summed E-state index contributed by atoms with van der Waals surface area (Å²) in [4.78, 5) is 35.2. The van der Waals surface area contributed by atoms with Crippen molar-refractivity contribution in [2.24, 2.45) is 0 Å². The van der Waals surface area contributed by atoms with Gasteiger partial charge in [-0.05, 0) is 50.5 Å². The molecule has 0 unspecified atom stereocenters. The molecule has 0 bridgehead atoms. The molecular weight excluding hydrogens is 408 g/mol. The summed E-state index contributed by atoms with van der Waals surface area (Å²) in [7, 11) is 0. The molecule has 0 aliphatic rings. The second kappa shape index (κ2) is 9.68. The van der Waals surface area contributed by atoms with Crippen molar-refractivity contribution in [3.05, 3.63) is 65.5 Å². The molecule has 2 aromatic heterocycles. The quantitative estimate of drug-likeness (QED) is 0.328. The van der Waals surface area contributed by atoms with Gasteiger partial charge in [0.25, 0.3) is 5.91 Å². The van der Waals surface area contributed by atoms with Gasteiger partial charge in [-0.1, -0.05) is 37.3 Å². The molecule has 0 saturated heterocycles. The number of ether oxygens (including phenoxy) is 2. The zero-order valence-electron chi connectivity index (χ0n) is 18.8. The number of nitrogens with one attached hydrogen (secondary N) is 1. The highest BCUT2D eigenvalue weighted by molar-refractivity contribution is 6.30. The van der Waals surface area contributed by atoms with Crippen molar-refractivity contribution in [1.82, 2.24) is 4.40 Å². The van der Waals surface area contributed by atoms with Crippen molar-refractivity contribution < 1.29 is 23.9 Å². The molecule has 32 heavy (non-hydrogen) atoms. The lowest BCUT2D eigenvalue weighted by Gasteiger charge is -2.19. The van der Waals surface area contributed by atoms with Gasteiger partial charge in [-0.25, -0.2) is 4.79 Å². The molecule has 168 valence electrons. The van der Waals surface area contributed by atoms with E-state index in [1.54, 1.807) is 26.8 Å². The van der Waals surface area contributed by atoms with Crippen LogP contribution in [0.1, 0.15) is 44.5 Å². The Labute approximate surface area is 187 Å². The number of amides is 1. The number of benzene rings is 1. The average molecular weight is 437 g/mol. The van der Waals surface area contributed by atoms with E-state index in [0.717, 1.165) is 16.8 Å². The number of fused-ring (bicyclic) bond motifs is 1. The summed E-state index contributed by atoms with van der Waals surface area (Å²) < 4.78 is 13.1. The molecule has 0 atom stereocenters. The van der Waals surface area contributed by atoms with Crippen LogP contribution in [0.5, 0.6) is 5.75 Å². The molecule has 1 N–H and O–H groups in total. The number of anilines is 1. The Bertz CT molecular complexity index is 1130. The maximum Gasteiger partial charge on any atom is 0.344 e. The number of pyridine rings is 1. The minimum atomic E-state index is -0.750. The van der Waals surface area contributed by atoms with Gasteiger partial charge in [0.2, 0.25) is 6.29 Å². The number of hydrogen-bond donors (Lipinski definition) is 1. The van der Waals surface area contributed by atoms with Gasteiger partial charge in [0.15, 0.2) is 6.61 Å². The fourth-order valence-electron chi connectivity index (χ4n) is 3.66. The fourth-order valence-corrected chi connectivity index (χ4v) is 3.66. The molecule has 3 aromatic rings. The Kier molecular flexibility index (Phi) is 6.98. The molecule has 0 aliphatic heterocycles. The van der Waals surface area contributed by atoms with E-state index >= 15 is 0 Å². The van der Waals surface area contributed by atoms with Gasteiger partial charge in [0.1, 0.15) is 16.9 Å². The average Bonchev–Trinajstić information content (AvgIpc) is 3.04. The molecule has 1 aromatic carbocycles. The van der Waals surface area contributed by atoms with Crippen molar-refractivity contribution >= 4 is 29.4 Å². The molecule has 3 rings (SSSR count). The Balaban J connectivity index is 2.08. The van der Waals surface area contributed by atoms with E-state index < -0.39 is 17.5 Å². The van der Waals surface area contributed by atoms with Crippen molar-refractivity contribution in [1.29, 1.82) is 0 Å². The third-order valence-corrected chi connectivity index (χ3v) is 4.82. The fraction of sp³-hybridized carbons (Fsp3) is 0.320. The summed E-state index contributed by atoms with van der Waals surface area (Å²) in [6.45, 7) is 7.07. The van der Waals surface area contributed by atoms with Crippen molar-refractivity contribution in [2.75, 3.05) is 11.9 Å². The minimum Gasteiger partial charge on any atom is -0.480 e. The van der Waals surface area contributed by atoms with Crippen LogP contribution in [0.4, 0.5) is 5.69 Å². The lowest BCUT2D eigenvalue weighted by Crippen LogP contribution is -2.27. The monoisotopic (exact) mass is 436 g/mol. The van der Waals surface area contributed by atoms with Crippen LogP contribution in [0, 0.1) is 0 Å². The van der Waals surface area contributed by atoms with E-state index in [0.29, 0.717) is 29.8 Å². The molecule has 1 amide bonds. The summed E-state index contributed by atoms with van der Waals surface area (Å²) >= 11 is 0. The second-order valence-corrected chi connectivity index (χ2v) is 8.39. The van der Waals surface area contributed by atoms with Crippen LogP contribution < -0.4 is 10.1 Å². The smallest absolute Gasteiger partial charge is 0.344 e.